The second-order valence-electron chi connectivity index (χ2n) is 4.07. The number of carbonyl (C=O) groups is 1. The van der Waals surface area contributed by atoms with Gasteiger partial charge in [-0.25, -0.2) is 4.39 Å². The molecule has 0 atom stereocenters. The summed E-state index contributed by atoms with van der Waals surface area (Å²) in [5, 5.41) is 0. The van der Waals surface area contributed by atoms with E-state index in [2.05, 4.69) is 31.9 Å². The number of hydrogen-bond acceptors (Lipinski definition) is 2. The van der Waals surface area contributed by atoms with Crippen LogP contribution in [0.15, 0.2) is 45.3 Å². The molecule has 0 fully saturated rings. The molecule has 0 aromatic heterocycles. The van der Waals surface area contributed by atoms with Crippen molar-refractivity contribution in [3.63, 3.8) is 0 Å². The molecule has 0 heterocycles. The lowest BCUT2D eigenvalue weighted by Gasteiger charge is -2.06. The average molecular weight is 387 g/mol. The minimum atomic E-state index is -0.357. The quantitative estimate of drug-likeness (QED) is 0.629. The van der Waals surface area contributed by atoms with Crippen molar-refractivity contribution in [1.29, 1.82) is 0 Å². The van der Waals surface area contributed by atoms with Crippen LogP contribution in [-0.4, -0.2) is 5.78 Å². The number of hydrogen-bond donors (Lipinski definition) is 1. The Kier molecular flexibility index (Phi) is 4.37. The van der Waals surface area contributed by atoms with Gasteiger partial charge in [0.25, 0.3) is 0 Å². The smallest absolute Gasteiger partial charge is 0.167 e. The molecule has 0 aliphatic rings. The maximum absolute atomic E-state index is 13.2. The summed E-state index contributed by atoms with van der Waals surface area (Å²) in [4.78, 5) is 12.1. The highest BCUT2D eigenvalue weighted by Crippen LogP contribution is 2.23. The Morgan fingerprint density at radius 3 is 2.53 bits per heavy atom. The van der Waals surface area contributed by atoms with Crippen LogP contribution in [0.2, 0.25) is 0 Å². The van der Waals surface area contributed by atoms with Crippen molar-refractivity contribution < 1.29 is 9.18 Å². The van der Waals surface area contributed by atoms with Gasteiger partial charge in [0.05, 0.1) is 0 Å². The number of nitrogen functional groups attached to an aromatic ring is 1. The Bertz CT molecular complexity index is 643. The first-order valence-electron chi connectivity index (χ1n) is 5.49. The van der Waals surface area contributed by atoms with Crippen molar-refractivity contribution in [2.45, 2.75) is 6.42 Å². The van der Waals surface area contributed by atoms with Crippen LogP contribution >= 0.6 is 31.9 Å². The van der Waals surface area contributed by atoms with Crippen LogP contribution in [0.25, 0.3) is 0 Å². The van der Waals surface area contributed by atoms with Gasteiger partial charge in [-0.15, -0.1) is 0 Å². The van der Waals surface area contributed by atoms with Crippen LogP contribution < -0.4 is 5.73 Å². The lowest BCUT2D eigenvalue weighted by Crippen LogP contribution is -2.05. The van der Waals surface area contributed by atoms with Gasteiger partial charge in [-0.3, -0.25) is 4.79 Å². The molecule has 2 nitrogen and oxygen atoms in total. The standard InChI is InChI=1S/C14H10Br2FNO/c15-11-3-2-10(17)5-9(11)7-14(19)8-1-4-13(18)12(16)6-8/h1-6H,7,18H2. The fourth-order valence-corrected chi connectivity index (χ4v) is 2.42. The normalized spacial score (nSPS) is 10.5. The van der Waals surface area contributed by atoms with Gasteiger partial charge in [0.1, 0.15) is 5.82 Å². The number of Topliss-reactive ketones (excluding diaryl/α,β-unsaturated/α-hetero) is 1. The number of ketones is 1. The zero-order valence-electron chi connectivity index (χ0n) is 9.79. The van der Waals surface area contributed by atoms with Gasteiger partial charge >= 0.3 is 0 Å². The van der Waals surface area contributed by atoms with E-state index in [1.165, 1.54) is 12.1 Å². The van der Waals surface area contributed by atoms with Crippen LogP contribution in [0.1, 0.15) is 15.9 Å². The van der Waals surface area contributed by atoms with Crippen molar-refractivity contribution in [1.82, 2.24) is 0 Å². The van der Waals surface area contributed by atoms with E-state index in [1.807, 2.05) is 0 Å². The highest BCUT2D eigenvalue weighted by Gasteiger charge is 2.11. The summed E-state index contributed by atoms with van der Waals surface area (Å²) in [5.74, 6) is -0.448. The van der Waals surface area contributed by atoms with Gasteiger partial charge in [-0.1, -0.05) is 15.9 Å². The monoisotopic (exact) mass is 385 g/mol. The number of halogens is 3. The number of nitrogens with two attached hydrogens (primary N) is 1. The Morgan fingerprint density at radius 2 is 1.84 bits per heavy atom. The van der Waals surface area contributed by atoms with E-state index in [0.717, 1.165) is 4.47 Å². The second kappa shape index (κ2) is 5.84. The molecule has 2 rings (SSSR count). The summed E-state index contributed by atoms with van der Waals surface area (Å²) in [7, 11) is 0. The van der Waals surface area contributed by atoms with Crippen molar-refractivity contribution in [2.24, 2.45) is 0 Å². The zero-order valence-corrected chi connectivity index (χ0v) is 13.0. The summed E-state index contributed by atoms with van der Waals surface area (Å²) in [6.07, 6.45) is 0.134. The average Bonchev–Trinajstić information content (AvgIpc) is 2.37. The summed E-state index contributed by atoms with van der Waals surface area (Å²) in [6, 6.07) is 9.29. The number of carbonyl (C=O) groups excluding carboxylic acids is 1. The lowest BCUT2D eigenvalue weighted by atomic mass is 10.0. The molecule has 0 bridgehead atoms. The molecule has 2 N–H and O–H groups in total. The first kappa shape index (κ1) is 14.2. The van der Waals surface area contributed by atoms with Gasteiger partial charge in [0.15, 0.2) is 5.78 Å². The molecule has 5 heteroatoms. The van der Waals surface area contributed by atoms with E-state index < -0.39 is 0 Å². The molecule has 0 radical (unpaired) electrons. The van der Waals surface area contributed by atoms with Crippen molar-refractivity contribution in [2.75, 3.05) is 5.73 Å². The third-order valence-corrected chi connectivity index (χ3v) is 4.14. The van der Waals surface area contributed by atoms with Crippen LogP contribution in [-0.2, 0) is 6.42 Å². The van der Waals surface area contributed by atoms with Gasteiger partial charge in [-0.05, 0) is 57.9 Å². The number of benzene rings is 2. The minimum Gasteiger partial charge on any atom is -0.398 e. The summed E-state index contributed by atoms with van der Waals surface area (Å²) >= 11 is 6.59. The van der Waals surface area contributed by atoms with E-state index >= 15 is 0 Å². The topological polar surface area (TPSA) is 43.1 Å². The minimum absolute atomic E-state index is 0.0907. The van der Waals surface area contributed by atoms with Crippen LogP contribution in [0.3, 0.4) is 0 Å². The fraction of sp³-hybridized carbons (Fsp3) is 0.0714. The Balaban J connectivity index is 2.25. The van der Waals surface area contributed by atoms with Crippen LogP contribution in [0.5, 0.6) is 0 Å². The third-order valence-electron chi connectivity index (χ3n) is 2.68. The molecule has 0 saturated heterocycles. The van der Waals surface area contributed by atoms with Crippen molar-refractivity contribution in [3.05, 3.63) is 62.3 Å². The van der Waals surface area contributed by atoms with E-state index in [9.17, 15) is 9.18 Å². The van der Waals surface area contributed by atoms with E-state index in [-0.39, 0.29) is 18.0 Å². The van der Waals surface area contributed by atoms with E-state index in [0.29, 0.717) is 21.3 Å². The zero-order chi connectivity index (χ0) is 14.0. The third kappa shape index (κ3) is 3.42. The van der Waals surface area contributed by atoms with Gasteiger partial charge < -0.3 is 5.73 Å². The summed E-state index contributed by atoms with van der Waals surface area (Å²) in [6.45, 7) is 0. The fourth-order valence-electron chi connectivity index (χ4n) is 1.65. The molecule has 0 saturated carbocycles. The predicted molar refractivity (Wildman–Crippen MR) is 80.7 cm³/mol. The first-order valence-corrected chi connectivity index (χ1v) is 7.08. The molecule has 98 valence electrons. The van der Waals surface area contributed by atoms with Gasteiger partial charge in [0, 0.05) is 26.6 Å². The highest BCUT2D eigenvalue weighted by molar-refractivity contribution is 9.10. The van der Waals surface area contributed by atoms with Crippen LogP contribution in [0.4, 0.5) is 10.1 Å². The van der Waals surface area contributed by atoms with Gasteiger partial charge in [0.2, 0.25) is 0 Å². The predicted octanol–water partition coefficient (Wildman–Crippen LogP) is 4.36. The Morgan fingerprint density at radius 1 is 1.11 bits per heavy atom. The molecule has 0 aliphatic carbocycles. The van der Waals surface area contributed by atoms with Gasteiger partial charge in [-0.2, -0.15) is 0 Å². The maximum atomic E-state index is 13.2. The molecule has 0 aliphatic heterocycles. The first-order chi connectivity index (χ1) is 8.97. The molecule has 2 aromatic carbocycles. The van der Waals surface area contributed by atoms with E-state index in [4.69, 9.17) is 5.73 Å². The summed E-state index contributed by atoms with van der Waals surface area (Å²) < 4.78 is 14.6. The largest absolute Gasteiger partial charge is 0.398 e. The highest BCUT2D eigenvalue weighted by atomic mass is 79.9. The Hall–Kier alpha value is -1.20. The lowest BCUT2D eigenvalue weighted by molar-refractivity contribution is 0.0992. The summed E-state index contributed by atoms with van der Waals surface area (Å²) in [5.41, 5.74) is 7.41. The van der Waals surface area contributed by atoms with E-state index in [1.54, 1.807) is 24.3 Å². The Labute approximate surface area is 127 Å². The molecular formula is C14H10Br2FNO. The van der Waals surface area contributed by atoms with Crippen molar-refractivity contribution in [3.8, 4) is 0 Å². The molecule has 2 aromatic rings. The SMILES string of the molecule is Nc1ccc(C(=O)Cc2cc(F)ccc2Br)cc1Br. The number of anilines is 1. The number of rotatable bonds is 3. The molecule has 0 spiro atoms. The molecule has 19 heavy (non-hydrogen) atoms. The second-order valence-corrected chi connectivity index (χ2v) is 5.78. The molecule has 0 unspecified atom stereocenters. The molecule has 0 amide bonds. The maximum Gasteiger partial charge on any atom is 0.167 e. The van der Waals surface area contributed by atoms with Crippen LogP contribution in [0, 0.1) is 5.82 Å². The molecular weight excluding hydrogens is 377 g/mol. The van der Waals surface area contributed by atoms with Crippen molar-refractivity contribution >= 4 is 43.3 Å².